The van der Waals surface area contributed by atoms with Crippen LogP contribution in [0.2, 0.25) is 0 Å². The Morgan fingerprint density at radius 1 is 1.03 bits per heavy atom. The number of nitrogens with zero attached hydrogens (tertiary/aromatic N) is 2. The standard InChI is InChI=1S/C27H39N3O4/c1-20(2)24(31)30-18-22(19-30)25(32)29-15-12-27(13-16-29)11-7-3-4-8-21-9-5-6-10-23(21)34-17-14-28-26(27)33/h5-6,9-10,20,22H,3-4,7-8,11-19H2,1-2H3,(H,28,33). The van der Waals surface area contributed by atoms with Crippen LogP contribution in [0.4, 0.5) is 0 Å². The molecule has 2 fully saturated rings. The molecule has 4 rings (SSSR count). The molecule has 0 bridgehead atoms. The van der Waals surface area contributed by atoms with E-state index in [4.69, 9.17) is 4.74 Å². The maximum atomic E-state index is 13.3. The van der Waals surface area contributed by atoms with Gasteiger partial charge in [-0.1, -0.05) is 44.9 Å². The predicted octanol–water partition coefficient (Wildman–Crippen LogP) is 3.02. The number of piperidine rings is 1. The predicted molar refractivity (Wildman–Crippen MR) is 130 cm³/mol. The molecule has 2 saturated heterocycles. The van der Waals surface area contributed by atoms with E-state index in [0.717, 1.165) is 37.9 Å². The molecule has 0 saturated carbocycles. The topological polar surface area (TPSA) is 79.0 Å². The Morgan fingerprint density at radius 3 is 2.50 bits per heavy atom. The minimum Gasteiger partial charge on any atom is -0.491 e. The average Bonchev–Trinajstić information content (AvgIpc) is 2.82. The van der Waals surface area contributed by atoms with Gasteiger partial charge in [0.15, 0.2) is 0 Å². The molecule has 7 heteroatoms. The normalized spacial score (nSPS) is 21.9. The Morgan fingerprint density at radius 2 is 1.76 bits per heavy atom. The van der Waals surface area contributed by atoms with Gasteiger partial charge in [0.1, 0.15) is 12.4 Å². The minimum atomic E-state index is -0.406. The van der Waals surface area contributed by atoms with Crippen molar-refractivity contribution >= 4 is 17.7 Å². The summed E-state index contributed by atoms with van der Waals surface area (Å²) in [5.41, 5.74) is 0.830. The van der Waals surface area contributed by atoms with E-state index in [-0.39, 0.29) is 29.6 Å². The molecule has 0 unspecified atom stereocenters. The van der Waals surface area contributed by atoms with Crippen LogP contribution in [0.15, 0.2) is 24.3 Å². The number of aryl methyl sites for hydroxylation is 1. The van der Waals surface area contributed by atoms with Gasteiger partial charge in [-0.05, 0) is 43.7 Å². The maximum absolute atomic E-state index is 13.3. The van der Waals surface area contributed by atoms with Gasteiger partial charge in [0.25, 0.3) is 0 Å². The van der Waals surface area contributed by atoms with E-state index >= 15 is 0 Å². The molecule has 34 heavy (non-hydrogen) atoms. The highest BCUT2D eigenvalue weighted by atomic mass is 16.5. The van der Waals surface area contributed by atoms with Crippen molar-refractivity contribution in [2.45, 2.75) is 58.8 Å². The molecular weight excluding hydrogens is 430 g/mol. The lowest BCUT2D eigenvalue weighted by molar-refractivity contribution is -0.153. The fourth-order valence-corrected chi connectivity index (χ4v) is 5.50. The molecule has 3 amide bonds. The number of amides is 3. The Balaban J connectivity index is 1.32. The number of fused-ring (bicyclic) bond motifs is 1. The summed E-state index contributed by atoms with van der Waals surface area (Å²) >= 11 is 0. The Bertz CT molecular complexity index is 886. The quantitative estimate of drug-likeness (QED) is 0.722. The Labute approximate surface area is 203 Å². The van der Waals surface area contributed by atoms with E-state index in [0.29, 0.717) is 52.2 Å². The number of nitrogens with one attached hydrogen (secondary N) is 1. The number of carbonyl (C=O) groups excluding carboxylic acids is 3. The summed E-state index contributed by atoms with van der Waals surface area (Å²) in [6.07, 6.45) is 6.43. The van der Waals surface area contributed by atoms with E-state index in [1.54, 1.807) is 4.90 Å². The Hall–Kier alpha value is -2.57. The molecule has 3 heterocycles. The lowest BCUT2D eigenvalue weighted by Crippen LogP contribution is -2.59. The third kappa shape index (κ3) is 5.39. The minimum absolute atomic E-state index is 0.0330. The molecule has 1 N–H and O–H groups in total. The van der Waals surface area contributed by atoms with Crippen LogP contribution in [-0.2, 0) is 20.8 Å². The van der Waals surface area contributed by atoms with Crippen molar-refractivity contribution in [1.29, 1.82) is 0 Å². The van der Waals surface area contributed by atoms with E-state index in [2.05, 4.69) is 17.4 Å². The number of para-hydroxylation sites is 1. The van der Waals surface area contributed by atoms with Gasteiger partial charge in [0.2, 0.25) is 17.7 Å². The molecular formula is C27H39N3O4. The molecule has 0 radical (unpaired) electrons. The van der Waals surface area contributed by atoms with Crippen LogP contribution in [0.3, 0.4) is 0 Å². The number of likely N-dealkylation sites (tertiary alicyclic amines) is 2. The smallest absolute Gasteiger partial charge is 0.229 e. The molecule has 3 aliphatic rings. The highest BCUT2D eigenvalue weighted by Gasteiger charge is 2.44. The first-order valence-corrected chi connectivity index (χ1v) is 13.0. The van der Waals surface area contributed by atoms with E-state index in [1.807, 2.05) is 30.9 Å². The molecule has 1 aromatic rings. The lowest BCUT2D eigenvalue weighted by Gasteiger charge is -2.45. The second-order valence-electron chi connectivity index (χ2n) is 10.5. The van der Waals surface area contributed by atoms with Crippen molar-refractivity contribution in [3.63, 3.8) is 0 Å². The third-order valence-corrected chi connectivity index (χ3v) is 7.77. The summed E-state index contributed by atoms with van der Waals surface area (Å²) in [6.45, 7) is 7.01. The van der Waals surface area contributed by atoms with Gasteiger partial charge in [-0.2, -0.15) is 0 Å². The zero-order valence-corrected chi connectivity index (χ0v) is 20.7. The molecule has 1 spiro atoms. The van der Waals surface area contributed by atoms with Crippen molar-refractivity contribution in [2.75, 3.05) is 39.3 Å². The largest absolute Gasteiger partial charge is 0.491 e. The molecule has 7 nitrogen and oxygen atoms in total. The first kappa shape index (κ1) is 24.6. The fraction of sp³-hybridized carbons (Fsp3) is 0.667. The summed E-state index contributed by atoms with van der Waals surface area (Å²) in [5.74, 6) is 1.15. The van der Waals surface area contributed by atoms with Crippen LogP contribution in [-0.4, -0.2) is 66.9 Å². The number of hydrogen-bond donors (Lipinski definition) is 1. The molecule has 3 aliphatic heterocycles. The molecule has 0 atom stereocenters. The van der Waals surface area contributed by atoms with Gasteiger partial charge in [-0.25, -0.2) is 0 Å². The molecule has 0 aromatic heterocycles. The molecule has 1 aromatic carbocycles. The van der Waals surface area contributed by atoms with Gasteiger partial charge in [0.05, 0.1) is 17.9 Å². The highest BCUT2D eigenvalue weighted by molar-refractivity contribution is 5.86. The van der Waals surface area contributed by atoms with E-state index in [9.17, 15) is 14.4 Å². The zero-order chi connectivity index (χ0) is 24.1. The van der Waals surface area contributed by atoms with Gasteiger partial charge in [0, 0.05) is 32.1 Å². The SMILES string of the molecule is CC(C)C(=O)N1CC(C(=O)N2CCC3(CCCCCc4ccccc4OCCNC3=O)CC2)C1. The van der Waals surface area contributed by atoms with Crippen molar-refractivity contribution in [2.24, 2.45) is 17.3 Å². The van der Waals surface area contributed by atoms with Crippen molar-refractivity contribution in [3.8, 4) is 5.75 Å². The van der Waals surface area contributed by atoms with Gasteiger partial charge in [-0.3, -0.25) is 14.4 Å². The summed E-state index contributed by atoms with van der Waals surface area (Å²) in [4.78, 5) is 42.1. The van der Waals surface area contributed by atoms with E-state index < -0.39 is 5.41 Å². The van der Waals surface area contributed by atoms with Crippen molar-refractivity contribution in [1.82, 2.24) is 15.1 Å². The van der Waals surface area contributed by atoms with E-state index in [1.165, 1.54) is 5.56 Å². The van der Waals surface area contributed by atoms with Crippen LogP contribution in [0.5, 0.6) is 5.75 Å². The van der Waals surface area contributed by atoms with Crippen molar-refractivity contribution < 1.29 is 19.1 Å². The van der Waals surface area contributed by atoms with Crippen LogP contribution in [0.25, 0.3) is 0 Å². The second kappa shape index (κ2) is 10.8. The Kier molecular flexibility index (Phi) is 7.79. The molecule has 186 valence electrons. The number of carbonyl (C=O) groups is 3. The highest BCUT2D eigenvalue weighted by Crippen LogP contribution is 2.38. The van der Waals surface area contributed by atoms with Crippen molar-refractivity contribution in [3.05, 3.63) is 29.8 Å². The summed E-state index contributed by atoms with van der Waals surface area (Å²) in [7, 11) is 0. The summed E-state index contributed by atoms with van der Waals surface area (Å²) in [6, 6.07) is 8.17. The number of rotatable bonds is 2. The first-order chi connectivity index (χ1) is 16.4. The lowest BCUT2D eigenvalue weighted by atomic mass is 9.73. The number of ether oxygens (including phenoxy) is 1. The number of hydrogen-bond acceptors (Lipinski definition) is 4. The van der Waals surface area contributed by atoms with Gasteiger partial charge < -0.3 is 19.9 Å². The van der Waals surface area contributed by atoms with Crippen LogP contribution in [0, 0.1) is 17.3 Å². The first-order valence-electron chi connectivity index (χ1n) is 13.0. The van der Waals surface area contributed by atoms with Gasteiger partial charge >= 0.3 is 0 Å². The van der Waals surface area contributed by atoms with Crippen LogP contribution < -0.4 is 10.1 Å². The maximum Gasteiger partial charge on any atom is 0.229 e. The van der Waals surface area contributed by atoms with Crippen LogP contribution >= 0.6 is 0 Å². The summed E-state index contributed by atoms with van der Waals surface area (Å²) < 4.78 is 5.96. The fourth-order valence-electron chi connectivity index (χ4n) is 5.50. The zero-order valence-electron chi connectivity index (χ0n) is 20.7. The summed E-state index contributed by atoms with van der Waals surface area (Å²) in [5, 5.41) is 3.12. The van der Waals surface area contributed by atoms with Gasteiger partial charge in [-0.15, -0.1) is 0 Å². The second-order valence-corrected chi connectivity index (χ2v) is 10.5. The third-order valence-electron chi connectivity index (χ3n) is 7.77. The van der Waals surface area contributed by atoms with Crippen LogP contribution in [0.1, 0.15) is 57.9 Å². The number of benzene rings is 1. The monoisotopic (exact) mass is 469 g/mol. The molecule has 0 aliphatic carbocycles. The average molecular weight is 470 g/mol.